The Morgan fingerprint density at radius 3 is 2.72 bits per heavy atom. The lowest BCUT2D eigenvalue weighted by Crippen LogP contribution is -2.51. The van der Waals surface area contributed by atoms with Crippen molar-refractivity contribution in [3.63, 3.8) is 0 Å². The fraction of sp³-hybridized carbons (Fsp3) is 0.632. The molecular formula is C19H33IN4O. The Kier molecular flexibility index (Phi) is 11.1. The summed E-state index contributed by atoms with van der Waals surface area (Å²) in [6, 6.07) is 11.8. The minimum Gasteiger partial charge on any atom is -0.383 e. The fourth-order valence-electron chi connectivity index (χ4n) is 3.17. The second-order valence-corrected chi connectivity index (χ2v) is 6.42. The zero-order chi connectivity index (χ0) is 17.2. The van der Waals surface area contributed by atoms with E-state index in [0.717, 1.165) is 38.4 Å². The maximum Gasteiger partial charge on any atom is 0.191 e. The van der Waals surface area contributed by atoms with Crippen LogP contribution in [0.2, 0.25) is 0 Å². The topological polar surface area (TPSA) is 48.9 Å². The number of benzene rings is 1. The van der Waals surface area contributed by atoms with Crippen LogP contribution < -0.4 is 10.6 Å². The minimum atomic E-state index is 0. The smallest absolute Gasteiger partial charge is 0.191 e. The van der Waals surface area contributed by atoms with Crippen LogP contribution >= 0.6 is 24.0 Å². The number of piperidine rings is 1. The lowest BCUT2D eigenvalue weighted by molar-refractivity contribution is 0.134. The van der Waals surface area contributed by atoms with E-state index in [1.807, 2.05) is 0 Å². The van der Waals surface area contributed by atoms with E-state index in [1.54, 1.807) is 7.11 Å². The van der Waals surface area contributed by atoms with Gasteiger partial charge in [-0.15, -0.1) is 24.0 Å². The summed E-state index contributed by atoms with van der Waals surface area (Å²) < 4.78 is 5.08. The number of likely N-dealkylation sites (tertiary alicyclic amines) is 1. The molecule has 1 fully saturated rings. The summed E-state index contributed by atoms with van der Waals surface area (Å²) >= 11 is 0. The fourth-order valence-corrected chi connectivity index (χ4v) is 3.17. The molecule has 0 amide bonds. The van der Waals surface area contributed by atoms with Gasteiger partial charge in [-0.25, -0.2) is 0 Å². The number of nitrogens with one attached hydrogen (secondary N) is 2. The van der Waals surface area contributed by atoms with Gasteiger partial charge in [-0.1, -0.05) is 30.3 Å². The Bertz CT molecular complexity index is 497. The summed E-state index contributed by atoms with van der Waals surface area (Å²) in [6.07, 6.45) is 2.29. The number of hydrogen-bond donors (Lipinski definition) is 2. The van der Waals surface area contributed by atoms with Crippen molar-refractivity contribution in [2.45, 2.75) is 45.3 Å². The molecule has 0 aliphatic carbocycles. The molecule has 1 aliphatic heterocycles. The van der Waals surface area contributed by atoms with Gasteiger partial charge in [0.15, 0.2) is 5.96 Å². The van der Waals surface area contributed by atoms with Crippen molar-refractivity contribution < 1.29 is 4.74 Å². The summed E-state index contributed by atoms with van der Waals surface area (Å²) in [7, 11) is 1.71. The summed E-state index contributed by atoms with van der Waals surface area (Å²) in [5.74, 6) is 0.906. The number of hydrogen-bond acceptors (Lipinski definition) is 3. The molecule has 0 radical (unpaired) electrons. The Morgan fingerprint density at radius 1 is 1.32 bits per heavy atom. The molecule has 6 heteroatoms. The average molecular weight is 460 g/mol. The Balaban J connectivity index is 0.00000312. The summed E-state index contributed by atoms with van der Waals surface area (Å²) in [5.41, 5.74) is 1.39. The number of ether oxygens (including phenoxy) is 1. The van der Waals surface area contributed by atoms with Crippen LogP contribution in [-0.2, 0) is 11.3 Å². The van der Waals surface area contributed by atoms with Crippen LogP contribution in [0.5, 0.6) is 0 Å². The van der Waals surface area contributed by atoms with Gasteiger partial charge in [0.05, 0.1) is 13.2 Å². The van der Waals surface area contributed by atoms with Crippen LogP contribution in [0, 0.1) is 0 Å². The number of nitrogens with zero attached hydrogens (tertiary/aromatic N) is 2. The number of methoxy groups -OCH3 is 1. The van der Waals surface area contributed by atoms with E-state index in [4.69, 9.17) is 4.74 Å². The quantitative estimate of drug-likeness (QED) is 0.285. The van der Waals surface area contributed by atoms with Crippen LogP contribution in [0.4, 0.5) is 0 Å². The van der Waals surface area contributed by atoms with Crippen molar-refractivity contribution in [1.82, 2.24) is 15.5 Å². The third kappa shape index (κ3) is 7.92. The molecule has 1 aromatic rings. The molecule has 0 spiro atoms. The monoisotopic (exact) mass is 460 g/mol. The van der Waals surface area contributed by atoms with Crippen LogP contribution in [0.25, 0.3) is 0 Å². The number of guanidine groups is 1. The van der Waals surface area contributed by atoms with Crippen LogP contribution in [-0.4, -0.2) is 56.3 Å². The van der Waals surface area contributed by atoms with Gasteiger partial charge in [0.25, 0.3) is 0 Å². The predicted octanol–water partition coefficient (Wildman–Crippen LogP) is 2.86. The molecule has 1 aromatic carbocycles. The zero-order valence-electron chi connectivity index (χ0n) is 15.7. The largest absolute Gasteiger partial charge is 0.383 e. The van der Waals surface area contributed by atoms with Crippen molar-refractivity contribution in [2.75, 3.05) is 33.4 Å². The molecular weight excluding hydrogens is 427 g/mol. The molecule has 1 aliphatic rings. The highest BCUT2D eigenvalue weighted by Crippen LogP contribution is 2.19. The van der Waals surface area contributed by atoms with E-state index in [1.165, 1.54) is 5.56 Å². The third-order valence-electron chi connectivity index (χ3n) is 4.49. The minimum absolute atomic E-state index is 0. The lowest BCUT2D eigenvalue weighted by atomic mass is 9.97. The highest BCUT2D eigenvalue weighted by atomic mass is 127. The van der Waals surface area contributed by atoms with E-state index in [2.05, 4.69) is 64.7 Å². The van der Waals surface area contributed by atoms with Crippen LogP contribution in [0.1, 0.15) is 32.3 Å². The first-order valence-electron chi connectivity index (χ1n) is 9.04. The summed E-state index contributed by atoms with van der Waals surface area (Å²) in [4.78, 5) is 7.14. The van der Waals surface area contributed by atoms with Gasteiger partial charge in [0.1, 0.15) is 0 Å². The summed E-state index contributed by atoms with van der Waals surface area (Å²) in [6.45, 7) is 8.80. The molecule has 0 saturated carbocycles. The number of rotatable bonds is 7. The first-order chi connectivity index (χ1) is 11.7. The normalized spacial score (nSPS) is 21.5. The molecule has 2 atom stereocenters. The van der Waals surface area contributed by atoms with Crippen molar-refractivity contribution in [1.29, 1.82) is 0 Å². The first-order valence-corrected chi connectivity index (χ1v) is 9.04. The zero-order valence-corrected chi connectivity index (χ0v) is 18.0. The molecule has 0 bridgehead atoms. The third-order valence-corrected chi connectivity index (χ3v) is 4.49. The van der Waals surface area contributed by atoms with Crippen LogP contribution in [0.15, 0.2) is 35.3 Å². The highest BCUT2D eigenvalue weighted by Gasteiger charge is 2.25. The van der Waals surface area contributed by atoms with Gasteiger partial charge in [0.2, 0.25) is 0 Å². The van der Waals surface area contributed by atoms with Gasteiger partial charge in [-0.3, -0.25) is 9.89 Å². The van der Waals surface area contributed by atoms with E-state index in [9.17, 15) is 0 Å². The van der Waals surface area contributed by atoms with Gasteiger partial charge >= 0.3 is 0 Å². The molecule has 142 valence electrons. The molecule has 1 saturated heterocycles. The average Bonchev–Trinajstić information content (AvgIpc) is 2.59. The van der Waals surface area contributed by atoms with Crippen molar-refractivity contribution >= 4 is 29.9 Å². The molecule has 0 aromatic heterocycles. The van der Waals surface area contributed by atoms with E-state index in [-0.39, 0.29) is 24.0 Å². The van der Waals surface area contributed by atoms with E-state index >= 15 is 0 Å². The molecule has 2 rings (SSSR count). The molecule has 2 unspecified atom stereocenters. The van der Waals surface area contributed by atoms with Gasteiger partial charge < -0.3 is 15.4 Å². The number of halogens is 1. The second kappa shape index (κ2) is 12.5. The van der Waals surface area contributed by atoms with E-state index in [0.29, 0.717) is 25.2 Å². The number of aliphatic imine (C=N–C) groups is 1. The Labute approximate surface area is 169 Å². The van der Waals surface area contributed by atoms with Gasteiger partial charge in [0, 0.05) is 38.8 Å². The summed E-state index contributed by atoms with van der Waals surface area (Å²) in [5, 5.41) is 6.91. The standard InChI is InChI=1S/C19H32N4O.HI/c1-4-20-19(21-11-13-24-3)22-18-10-12-23(16(2)14-18)15-17-8-6-5-7-9-17;/h5-9,16,18H,4,10-15H2,1-3H3,(H2,20,21,22);1H. The maximum atomic E-state index is 5.08. The molecule has 1 heterocycles. The van der Waals surface area contributed by atoms with E-state index < -0.39 is 0 Å². The van der Waals surface area contributed by atoms with Gasteiger partial charge in [-0.2, -0.15) is 0 Å². The first kappa shape index (κ1) is 22.2. The Morgan fingerprint density at radius 2 is 2.08 bits per heavy atom. The molecule has 25 heavy (non-hydrogen) atoms. The second-order valence-electron chi connectivity index (χ2n) is 6.42. The Hall–Kier alpha value is -0.860. The van der Waals surface area contributed by atoms with Crippen molar-refractivity contribution in [3.05, 3.63) is 35.9 Å². The SMILES string of the molecule is CCNC(=NCCOC)NC1CCN(Cc2ccccc2)C(C)C1.I. The van der Waals surface area contributed by atoms with Crippen molar-refractivity contribution in [3.8, 4) is 0 Å². The predicted molar refractivity (Wildman–Crippen MR) is 116 cm³/mol. The molecule has 5 nitrogen and oxygen atoms in total. The highest BCUT2D eigenvalue weighted by molar-refractivity contribution is 14.0. The van der Waals surface area contributed by atoms with Gasteiger partial charge in [-0.05, 0) is 32.3 Å². The van der Waals surface area contributed by atoms with Crippen molar-refractivity contribution in [2.24, 2.45) is 4.99 Å². The maximum absolute atomic E-state index is 5.08. The van der Waals surface area contributed by atoms with Crippen LogP contribution in [0.3, 0.4) is 0 Å². The molecule has 2 N–H and O–H groups in total. The lowest BCUT2D eigenvalue weighted by Gasteiger charge is -2.38.